The first kappa shape index (κ1) is 11.8. The number of alkyl halides is 3. The van der Waals surface area contributed by atoms with E-state index in [1.165, 1.54) is 0 Å². The molecule has 0 atom stereocenters. The Morgan fingerprint density at radius 3 is 2.47 bits per heavy atom. The third kappa shape index (κ3) is 2.20. The summed E-state index contributed by atoms with van der Waals surface area (Å²) in [5, 5.41) is 0. The number of halogens is 4. The molecule has 15 heavy (non-hydrogen) atoms. The number of hydrogen-bond acceptors (Lipinski definition) is 0. The smallest absolute Gasteiger partial charge is 0.207 e. The first-order valence-electron chi connectivity index (χ1n) is 4.67. The molecule has 0 spiro atoms. The van der Waals surface area contributed by atoms with Gasteiger partial charge in [-0.2, -0.15) is 0 Å². The first-order valence-corrected chi connectivity index (χ1v) is 6.99. The fourth-order valence-corrected chi connectivity index (χ4v) is 3.51. The van der Waals surface area contributed by atoms with Gasteiger partial charge in [0, 0.05) is 27.2 Å². The van der Waals surface area contributed by atoms with E-state index in [9.17, 15) is 8.78 Å². The maximum Gasteiger partial charge on any atom is 0.249 e. The highest BCUT2D eigenvalue weighted by Crippen LogP contribution is 2.54. The van der Waals surface area contributed by atoms with Gasteiger partial charge in [-0.25, -0.2) is 8.78 Å². The molecule has 0 unspecified atom stereocenters. The van der Waals surface area contributed by atoms with Gasteiger partial charge in [0.15, 0.2) is 0 Å². The molecule has 0 N–H and O–H groups in total. The zero-order valence-electron chi connectivity index (χ0n) is 7.94. The lowest BCUT2D eigenvalue weighted by Gasteiger charge is -2.47. The second kappa shape index (κ2) is 3.95. The van der Waals surface area contributed by atoms with Gasteiger partial charge in [-0.1, -0.05) is 50.7 Å². The molecule has 1 aromatic rings. The van der Waals surface area contributed by atoms with Crippen molar-refractivity contribution >= 4 is 38.5 Å². The minimum Gasteiger partial charge on any atom is -0.207 e. The van der Waals surface area contributed by atoms with Crippen molar-refractivity contribution in [2.45, 2.75) is 24.2 Å². The largest absolute Gasteiger partial charge is 0.249 e. The van der Waals surface area contributed by atoms with Gasteiger partial charge in [0.05, 0.1) is 0 Å². The van der Waals surface area contributed by atoms with Crippen molar-refractivity contribution in [2.24, 2.45) is 0 Å². The molecular weight excluding hydrogens is 377 g/mol. The molecule has 1 aromatic carbocycles. The van der Waals surface area contributed by atoms with Crippen LogP contribution in [0.1, 0.15) is 18.4 Å². The highest BCUT2D eigenvalue weighted by Gasteiger charge is 2.56. The van der Waals surface area contributed by atoms with E-state index in [0.29, 0.717) is 0 Å². The van der Waals surface area contributed by atoms with Crippen molar-refractivity contribution in [3.8, 4) is 0 Å². The molecule has 4 heteroatoms. The van der Waals surface area contributed by atoms with Gasteiger partial charge in [0.2, 0.25) is 5.92 Å². The monoisotopic (exact) mass is 386 g/mol. The van der Waals surface area contributed by atoms with Gasteiger partial charge < -0.3 is 0 Å². The molecule has 1 saturated carbocycles. The molecule has 0 saturated heterocycles. The predicted octanol–water partition coefficient (Wildman–Crippen LogP) is 4.55. The molecule has 1 aliphatic rings. The summed E-state index contributed by atoms with van der Waals surface area (Å²) in [5.41, 5.74) is 0.714. The van der Waals surface area contributed by atoms with Crippen LogP contribution in [0, 0.1) is 0 Å². The Morgan fingerprint density at radius 1 is 1.33 bits per heavy atom. The molecule has 0 amide bonds. The molecule has 0 aromatic heterocycles. The summed E-state index contributed by atoms with van der Waals surface area (Å²) in [5.74, 6) is -2.46. The lowest BCUT2D eigenvalue weighted by Crippen LogP contribution is -2.50. The van der Waals surface area contributed by atoms with Gasteiger partial charge >= 0.3 is 0 Å². The average molecular weight is 387 g/mol. The molecular formula is C11H10BrF2I. The maximum absolute atomic E-state index is 13.0. The zero-order valence-corrected chi connectivity index (χ0v) is 11.7. The van der Waals surface area contributed by atoms with E-state index < -0.39 is 5.92 Å². The number of benzene rings is 1. The van der Waals surface area contributed by atoms with Gasteiger partial charge in [-0.05, 0) is 17.7 Å². The molecule has 0 aliphatic heterocycles. The Bertz CT molecular complexity index is 371. The zero-order chi connectivity index (χ0) is 11.1. The quantitative estimate of drug-likeness (QED) is 0.516. The van der Waals surface area contributed by atoms with E-state index in [1.807, 2.05) is 24.3 Å². The molecule has 0 heterocycles. The standard InChI is InChI=1S/C11H10BrF2I/c12-9-3-1-2-8(4-9)10(7-15)5-11(13,14)6-10/h1-4H,5-7H2. The Kier molecular flexibility index (Phi) is 3.10. The summed E-state index contributed by atoms with van der Waals surface area (Å²) < 4.78 is 27.7. The minimum atomic E-state index is -2.46. The Hall–Kier alpha value is 0.290. The molecule has 1 aliphatic carbocycles. The van der Waals surface area contributed by atoms with E-state index in [0.717, 1.165) is 14.5 Å². The van der Waals surface area contributed by atoms with Crippen LogP contribution in [0.15, 0.2) is 28.7 Å². The summed E-state index contributed by atoms with van der Waals surface area (Å²) in [6, 6.07) is 7.72. The molecule has 0 nitrogen and oxygen atoms in total. The topological polar surface area (TPSA) is 0 Å². The van der Waals surface area contributed by atoms with Gasteiger partial charge in [0.25, 0.3) is 0 Å². The SMILES string of the molecule is FC1(F)CC(CI)(c2cccc(Br)c2)C1. The molecule has 0 bridgehead atoms. The minimum absolute atomic E-state index is 0.0145. The van der Waals surface area contributed by atoms with Crippen LogP contribution in [0.5, 0.6) is 0 Å². The Balaban J connectivity index is 2.29. The first-order chi connectivity index (χ1) is 6.97. The Labute approximate surface area is 110 Å². The fourth-order valence-electron chi connectivity index (χ4n) is 2.13. The van der Waals surface area contributed by atoms with Crippen LogP contribution >= 0.6 is 38.5 Å². The van der Waals surface area contributed by atoms with Crippen molar-refractivity contribution in [2.75, 3.05) is 4.43 Å². The van der Waals surface area contributed by atoms with Crippen LogP contribution in [0.25, 0.3) is 0 Å². The normalized spacial score (nSPS) is 22.1. The van der Waals surface area contributed by atoms with Crippen LogP contribution < -0.4 is 0 Å². The van der Waals surface area contributed by atoms with Crippen molar-refractivity contribution < 1.29 is 8.78 Å². The Morgan fingerprint density at radius 2 is 2.00 bits per heavy atom. The molecule has 1 fully saturated rings. The third-order valence-electron chi connectivity index (χ3n) is 2.89. The second-order valence-electron chi connectivity index (χ2n) is 4.13. The molecule has 2 rings (SSSR count). The summed E-state index contributed by atoms with van der Waals surface area (Å²) in [7, 11) is 0. The van der Waals surface area contributed by atoms with Crippen LogP contribution in [0.4, 0.5) is 8.78 Å². The summed E-state index contributed by atoms with van der Waals surface area (Å²) in [4.78, 5) is 0. The van der Waals surface area contributed by atoms with Crippen molar-refractivity contribution in [3.05, 3.63) is 34.3 Å². The highest BCUT2D eigenvalue weighted by molar-refractivity contribution is 14.1. The van der Waals surface area contributed by atoms with Crippen molar-refractivity contribution in [1.82, 2.24) is 0 Å². The van der Waals surface area contributed by atoms with E-state index in [-0.39, 0.29) is 18.3 Å². The van der Waals surface area contributed by atoms with Crippen LogP contribution in [-0.2, 0) is 5.41 Å². The second-order valence-corrected chi connectivity index (χ2v) is 5.81. The van der Waals surface area contributed by atoms with Crippen LogP contribution in [0.3, 0.4) is 0 Å². The third-order valence-corrected chi connectivity index (χ3v) is 4.84. The van der Waals surface area contributed by atoms with Gasteiger partial charge in [-0.3, -0.25) is 0 Å². The lowest BCUT2D eigenvalue weighted by atomic mass is 9.63. The average Bonchev–Trinajstić information content (AvgIpc) is 2.13. The van der Waals surface area contributed by atoms with E-state index in [2.05, 4.69) is 38.5 Å². The van der Waals surface area contributed by atoms with E-state index in [1.54, 1.807) is 0 Å². The van der Waals surface area contributed by atoms with Gasteiger partial charge in [-0.15, -0.1) is 0 Å². The van der Waals surface area contributed by atoms with Crippen molar-refractivity contribution in [1.29, 1.82) is 0 Å². The molecule has 0 radical (unpaired) electrons. The fraction of sp³-hybridized carbons (Fsp3) is 0.455. The van der Waals surface area contributed by atoms with Gasteiger partial charge in [0.1, 0.15) is 0 Å². The van der Waals surface area contributed by atoms with Crippen molar-refractivity contribution in [3.63, 3.8) is 0 Å². The van der Waals surface area contributed by atoms with E-state index in [4.69, 9.17) is 0 Å². The number of rotatable bonds is 2. The predicted molar refractivity (Wildman–Crippen MR) is 68.9 cm³/mol. The van der Waals surface area contributed by atoms with E-state index >= 15 is 0 Å². The molecule has 82 valence electrons. The van der Waals surface area contributed by atoms with Crippen LogP contribution in [-0.4, -0.2) is 10.4 Å². The summed E-state index contributed by atoms with van der Waals surface area (Å²) in [6.45, 7) is 0. The summed E-state index contributed by atoms with van der Waals surface area (Å²) >= 11 is 5.58. The number of hydrogen-bond donors (Lipinski definition) is 0. The maximum atomic E-state index is 13.0. The van der Waals surface area contributed by atoms with Crippen LogP contribution in [0.2, 0.25) is 0 Å². The summed E-state index contributed by atoms with van der Waals surface area (Å²) in [6.07, 6.45) is -0.0290. The highest BCUT2D eigenvalue weighted by atomic mass is 127. The lowest BCUT2D eigenvalue weighted by molar-refractivity contribution is -0.118.